The average Bonchev–Trinajstić information content (AvgIpc) is 2.11. The van der Waals surface area contributed by atoms with Crippen LogP contribution in [0.5, 0.6) is 0 Å². The first-order valence-electron chi connectivity index (χ1n) is 4.43. The summed E-state index contributed by atoms with van der Waals surface area (Å²) >= 11 is 4.96. The molecule has 0 fully saturated rings. The summed E-state index contributed by atoms with van der Waals surface area (Å²) in [6, 6.07) is -0.556. The molecule has 0 aromatic heterocycles. The van der Waals surface area contributed by atoms with Gasteiger partial charge in [-0.25, -0.2) is 0 Å². The third-order valence-electron chi connectivity index (χ3n) is 1.80. The van der Waals surface area contributed by atoms with Crippen LogP contribution >= 0.6 is 12.2 Å². The number of carbonyl (C=O) groups is 1. The van der Waals surface area contributed by atoms with Crippen LogP contribution < -0.4 is 5.73 Å². The van der Waals surface area contributed by atoms with Gasteiger partial charge in [0.2, 0.25) is 0 Å². The molecule has 0 aliphatic rings. The molecule has 7 heteroatoms. The summed E-state index contributed by atoms with van der Waals surface area (Å²) in [5.41, 5.74) is 5.63. The first-order chi connectivity index (χ1) is 6.84. The van der Waals surface area contributed by atoms with Gasteiger partial charge in [0.1, 0.15) is 0 Å². The Hall–Kier alpha value is -0.760. The van der Waals surface area contributed by atoms with Gasteiger partial charge in [-0.2, -0.15) is 0 Å². The number of hydrogen-bond acceptors (Lipinski definition) is 5. The van der Waals surface area contributed by atoms with Crippen LogP contribution in [0.3, 0.4) is 0 Å². The maximum absolute atomic E-state index is 10.3. The van der Waals surface area contributed by atoms with Gasteiger partial charge in [-0.15, -0.1) is 0 Å². The standard InChI is InChI=1S/C8H16N2O4S/c1-10(4-7(13)14)8(15)5(9)2-3-6(11)12/h5,7,13-14H,2-4,9H2,1H3,(H,11,12)/t5-/m0/s1. The summed E-state index contributed by atoms with van der Waals surface area (Å²) in [5, 5.41) is 25.8. The van der Waals surface area contributed by atoms with E-state index >= 15 is 0 Å². The summed E-state index contributed by atoms with van der Waals surface area (Å²) in [6.45, 7) is -0.0421. The summed E-state index contributed by atoms with van der Waals surface area (Å²) in [5.74, 6) is -0.932. The van der Waals surface area contributed by atoms with Crippen molar-refractivity contribution in [3.05, 3.63) is 0 Å². The van der Waals surface area contributed by atoms with E-state index in [1.54, 1.807) is 7.05 Å². The number of aliphatic hydroxyl groups is 2. The van der Waals surface area contributed by atoms with Gasteiger partial charge in [0.05, 0.1) is 17.6 Å². The monoisotopic (exact) mass is 236 g/mol. The van der Waals surface area contributed by atoms with Crippen molar-refractivity contribution in [1.29, 1.82) is 0 Å². The highest BCUT2D eigenvalue weighted by atomic mass is 32.1. The fraction of sp³-hybridized carbons (Fsp3) is 0.750. The van der Waals surface area contributed by atoms with E-state index in [1.807, 2.05) is 0 Å². The first kappa shape index (κ1) is 14.2. The topological polar surface area (TPSA) is 107 Å². The Labute approximate surface area is 93.3 Å². The lowest BCUT2D eigenvalue weighted by Gasteiger charge is -2.24. The largest absolute Gasteiger partial charge is 0.481 e. The molecule has 0 radical (unpaired) electrons. The average molecular weight is 236 g/mol. The van der Waals surface area contributed by atoms with Crippen molar-refractivity contribution in [2.75, 3.05) is 13.6 Å². The molecule has 0 unspecified atom stereocenters. The van der Waals surface area contributed by atoms with E-state index in [1.165, 1.54) is 4.90 Å². The van der Waals surface area contributed by atoms with Gasteiger partial charge in [-0.1, -0.05) is 12.2 Å². The number of likely N-dealkylation sites (N-methyl/N-ethyl adjacent to an activating group) is 1. The number of nitrogens with zero attached hydrogens (tertiary/aromatic N) is 1. The molecule has 0 heterocycles. The van der Waals surface area contributed by atoms with E-state index in [9.17, 15) is 4.79 Å². The Morgan fingerprint density at radius 3 is 2.47 bits per heavy atom. The van der Waals surface area contributed by atoms with Gasteiger partial charge in [0.15, 0.2) is 6.29 Å². The minimum atomic E-state index is -1.49. The Bertz CT molecular complexity index is 235. The highest BCUT2D eigenvalue weighted by Gasteiger charge is 2.16. The third-order valence-corrected chi connectivity index (χ3v) is 2.41. The second kappa shape index (κ2) is 6.67. The second-order valence-corrected chi connectivity index (χ2v) is 3.66. The van der Waals surface area contributed by atoms with E-state index in [-0.39, 0.29) is 19.4 Å². The Morgan fingerprint density at radius 2 is 2.07 bits per heavy atom. The van der Waals surface area contributed by atoms with E-state index < -0.39 is 18.3 Å². The number of aliphatic carboxylic acids is 1. The molecule has 0 amide bonds. The fourth-order valence-corrected chi connectivity index (χ4v) is 1.21. The van der Waals surface area contributed by atoms with Crippen LogP contribution in [-0.2, 0) is 4.79 Å². The minimum Gasteiger partial charge on any atom is -0.481 e. The van der Waals surface area contributed by atoms with E-state index in [4.69, 9.17) is 33.3 Å². The van der Waals surface area contributed by atoms with Crippen LogP contribution in [0.2, 0.25) is 0 Å². The van der Waals surface area contributed by atoms with E-state index in [2.05, 4.69) is 0 Å². The predicted octanol–water partition coefficient (Wildman–Crippen LogP) is -1.25. The molecule has 0 bridgehead atoms. The maximum atomic E-state index is 10.3. The number of rotatable bonds is 6. The maximum Gasteiger partial charge on any atom is 0.303 e. The number of carboxylic acid groups (broad SMARTS) is 1. The fourth-order valence-electron chi connectivity index (χ4n) is 1.02. The lowest BCUT2D eigenvalue weighted by molar-refractivity contribution is -0.137. The number of thiocarbonyl (C=S) groups is 1. The van der Waals surface area contributed by atoms with Crippen molar-refractivity contribution in [3.63, 3.8) is 0 Å². The van der Waals surface area contributed by atoms with Crippen LogP contribution in [0, 0.1) is 0 Å². The molecular weight excluding hydrogens is 220 g/mol. The zero-order chi connectivity index (χ0) is 12.0. The molecular formula is C8H16N2O4S. The Morgan fingerprint density at radius 1 is 1.53 bits per heavy atom. The van der Waals surface area contributed by atoms with Crippen LogP contribution in [0.1, 0.15) is 12.8 Å². The molecule has 1 atom stereocenters. The molecule has 0 aromatic rings. The molecule has 0 aliphatic carbocycles. The molecule has 6 nitrogen and oxygen atoms in total. The second-order valence-electron chi connectivity index (χ2n) is 3.24. The molecule has 5 N–H and O–H groups in total. The van der Waals surface area contributed by atoms with Crippen molar-refractivity contribution in [3.8, 4) is 0 Å². The zero-order valence-corrected chi connectivity index (χ0v) is 9.28. The molecule has 88 valence electrons. The third kappa shape index (κ3) is 6.34. The van der Waals surface area contributed by atoms with Gasteiger partial charge in [0.25, 0.3) is 0 Å². The highest BCUT2D eigenvalue weighted by Crippen LogP contribution is 2.01. The molecule has 0 aliphatic heterocycles. The number of aliphatic hydroxyl groups excluding tert-OH is 1. The molecule has 0 saturated heterocycles. The predicted molar refractivity (Wildman–Crippen MR) is 58.3 cm³/mol. The van der Waals surface area contributed by atoms with Crippen LogP contribution in [-0.4, -0.2) is 57.1 Å². The Kier molecular flexibility index (Phi) is 6.34. The van der Waals surface area contributed by atoms with Crippen molar-refractivity contribution < 1.29 is 20.1 Å². The molecule has 15 heavy (non-hydrogen) atoms. The Balaban J connectivity index is 4.01. The van der Waals surface area contributed by atoms with Crippen molar-refractivity contribution in [2.45, 2.75) is 25.2 Å². The quantitative estimate of drug-likeness (QED) is 0.337. The van der Waals surface area contributed by atoms with Crippen molar-refractivity contribution in [2.24, 2.45) is 5.73 Å². The van der Waals surface area contributed by atoms with Gasteiger partial charge in [-0.3, -0.25) is 4.79 Å². The normalized spacial score (nSPS) is 12.6. The van der Waals surface area contributed by atoms with Crippen LogP contribution in [0.15, 0.2) is 0 Å². The summed E-state index contributed by atoms with van der Waals surface area (Å²) in [4.78, 5) is 12.0. The number of carboxylic acids is 1. The summed E-state index contributed by atoms with van der Waals surface area (Å²) in [6.07, 6.45) is -1.31. The van der Waals surface area contributed by atoms with E-state index in [0.29, 0.717) is 4.99 Å². The van der Waals surface area contributed by atoms with Crippen molar-refractivity contribution in [1.82, 2.24) is 4.90 Å². The minimum absolute atomic E-state index is 0.0421. The van der Waals surface area contributed by atoms with Gasteiger partial charge < -0.3 is 26.0 Å². The van der Waals surface area contributed by atoms with Gasteiger partial charge in [0, 0.05) is 13.5 Å². The summed E-state index contributed by atoms with van der Waals surface area (Å²) < 4.78 is 0. The number of hydrogen-bond donors (Lipinski definition) is 4. The van der Waals surface area contributed by atoms with E-state index in [0.717, 1.165) is 0 Å². The molecule has 0 saturated carbocycles. The highest BCUT2D eigenvalue weighted by molar-refractivity contribution is 7.80. The zero-order valence-electron chi connectivity index (χ0n) is 8.46. The SMILES string of the molecule is CN(CC(O)O)C(=S)[C@@H](N)CCC(=O)O. The van der Waals surface area contributed by atoms with Crippen LogP contribution in [0.4, 0.5) is 0 Å². The summed E-state index contributed by atoms with van der Waals surface area (Å²) in [7, 11) is 1.57. The molecule has 0 aromatic carbocycles. The number of nitrogens with two attached hydrogens (primary N) is 1. The molecule has 0 spiro atoms. The molecule has 0 rings (SSSR count). The lowest BCUT2D eigenvalue weighted by atomic mass is 10.1. The van der Waals surface area contributed by atoms with Crippen LogP contribution in [0.25, 0.3) is 0 Å². The van der Waals surface area contributed by atoms with Gasteiger partial charge in [-0.05, 0) is 6.42 Å². The first-order valence-corrected chi connectivity index (χ1v) is 4.84. The van der Waals surface area contributed by atoms with Crippen molar-refractivity contribution >= 4 is 23.2 Å². The lowest BCUT2D eigenvalue weighted by Crippen LogP contribution is -2.43. The smallest absolute Gasteiger partial charge is 0.303 e. The van der Waals surface area contributed by atoms with Gasteiger partial charge >= 0.3 is 5.97 Å².